The van der Waals surface area contributed by atoms with E-state index in [1.54, 1.807) is 52.3 Å². The smallest absolute Gasteiger partial charge is 0.338 e. The maximum Gasteiger partial charge on any atom is 0.338 e. The van der Waals surface area contributed by atoms with Crippen LogP contribution in [0, 0.1) is 0 Å². The molecule has 1 aromatic heterocycles. The third-order valence-corrected chi connectivity index (χ3v) is 6.68. The molecule has 0 fully saturated rings. The van der Waals surface area contributed by atoms with E-state index in [0.29, 0.717) is 37.1 Å². The summed E-state index contributed by atoms with van der Waals surface area (Å²) in [7, 11) is 3.11. The van der Waals surface area contributed by atoms with Crippen LogP contribution in [0.4, 0.5) is 0 Å². The van der Waals surface area contributed by atoms with Gasteiger partial charge in [-0.3, -0.25) is 9.36 Å². The Morgan fingerprint density at radius 3 is 2.68 bits per heavy atom. The Morgan fingerprint density at radius 1 is 1.21 bits per heavy atom. The SMILES string of the molecule is CCOC(=O)C1=C(C)N=c2s/c(=C/c3ccc(OC)c(Cl)c3)c(=O)n2[C@H]1c1cccc(OC)c1. The second-order valence-corrected chi connectivity index (χ2v) is 8.89. The number of carbonyl (C=O) groups excluding carboxylic acids is 1. The molecule has 1 atom stereocenters. The number of hydrogen-bond acceptors (Lipinski definition) is 7. The van der Waals surface area contributed by atoms with Gasteiger partial charge in [-0.05, 0) is 55.3 Å². The van der Waals surface area contributed by atoms with Crippen molar-refractivity contribution in [2.24, 2.45) is 4.99 Å². The van der Waals surface area contributed by atoms with Crippen molar-refractivity contribution in [2.45, 2.75) is 19.9 Å². The molecule has 3 aromatic rings. The molecule has 0 spiro atoms. The monoisotopic (exact) mass is 498 g/mol. The maximum absolute atomic E-state index is 13.6. The summed E-state index contributed by atoms with van der Waals surface area (Å²) >= 11 is 7.51. The van der Waals surface area contributed by atoms with E-state index < -0.39 is 12.0 Å². The molecule has 0 saturated heterocycles. The van der Waals surface area contributed by atoms with Gasteiger partial charge in [0.2, 0.25) is 0 Å². The summed E-state index contributed by atoms with van der Waals surface area (Å²) in [5.74, 6) is 0.658. The minimum absolute atomic E-state index is 0.211. The van der Waals surface area contributed by atoms with Crippen molar-refractivity contribution in [3.63, 3.8) is 0 Å². The topological polar surface area (TPSA) is 79.1 Å². The number of carbonyl (C=O) groups is 1. The van der Waals surface area contributed by atoms with Gasteiger partial charge in [0.1, 0.15) is 11.5 Å². The molecule has 1 aliphatic rings. The summed E-state index contributed by atoms with van der Waals surface area (Å²) in [6, 6.07) is 11.9. The fraction of sp³-hybridized carbons (Fsp3) is 0.240. The van der Waals surface area contributed by atoms with Gasteiger partial charge in [0.15, 0.2) is 4.80 Å². The predicted molar refractivity (Wildman–Crippen MR) is 131 cm³/mol. The number of nitrogens with zero attached hydrogens (tertiary/aromatic N) is 2. The molecule has 0 saturated carbocycles. The van der Waals surface area contributed by atoms with Gasteiger partial charge < -0.3 is 14.2 Å². The number of fused-ring (bicyclic) bond motifs is 1. The fourth-order valence-corrected chi connectivity index (χ4v) is 5.16. The first-order valence-corrected chi connectivity index (χ1v) is 11.7. The quantitative estimate of drug-likeness (QED) is 0.486. The first-order valence-electron chi connectivity index (χ1n) is 10.5. The van der Waals surface area contributed by atoms with Crippen molar-refractivity contribution < 1.29 is 19.0 Å². The molecule has 0 aliphatic carbocycles. The van der Waals surface area contributed by atoms with Gasteiger partial charge in [0, 0.05) is 0 Å². The van der Waals surface area contributed by atoms with E-state index in [2.05, 4.69) is 4.99 Å². The summed E-state index contributed by atoms with van der Waals surface area (Å²) in [5, 5.41) is 0.443. The van der Waals surface area contributed by atoms with Crippen LogP contribution >= 0.6 is 22.9 Å². The van der Waals surface area contributed by atoms with Gasteiger partial charge in [0.25, 0.3) is 5.56 Å². The second-order valence-electron chi connectivity index (χ2n) is 7.47. The van der Waals surface area contributed by atoms with Crippen LogP contribution in [0.2, 0.25) is 5.02 Å². The molecule has 2 aromatic carbocycles. The molecule has 0 amide bonds. The number of methoxy groups -OCH3 is 2. The van der Waals surface area contributed by atoms with Crippen LogP contribution < -0.4 is 24.4 Å². The summed E-state index contributed by atoms with van der Waals surface area (Å²) in [6.45, 7) is 3.70. The Morgan fingerprint density at radius 2 is 2.00 bits per heavy atom. The van der Waals surface area contributed by atoms with E-state index in [4.69, 9.17) is 25.8 Å². The molecule has 9 heteroatoms. The van der Waals surface area contributed by atoms with E-state index in [1.807, 2.05) is 24.3 Å². The molecule has 1 aliphatic heterocycles. The fourth-order valence-electron chi connectivity index (χ4n) is 3.84. The van der Waals surface area contributed by atoms with Crippen LogP contribution in [0.5, 0.6) is 11.5 Å². The summed E-state index contributed by atoms with van der Waals surface area (Å²) in [6.07, 6.45) is 1.75. The van der Waals surface area contributed by atoms with Gasteiger partial charge in [-0.1, -0.05) is 41.1 Å². The highest BCUT2D eigenvalue weighted by atomic mass is 35.5. The highest BCUT2D eigenvalue weighted by Gasteiger charge is 2.33. The average molecular weight is 499 g/mol. The Bertz CT molecular complexity index is 1470. The zero-order valence-electron chi connectivity index (χ0n) is 19.1. The van der Waals surface area contributed by atoms with Crippen LogP contribution in [-0.2, 0) is 9.53 Å². The van der Waals surface area contributed by atoms with Gasteiger partial charge >= 0.3 is 5.97 Å². The zero-order chi connectivity index (χ0) is 24.4. The van der Waals surface area contributed by atoms with Crippen LogP contribution in [0.3, 0.4) is 0 Å². The van der Waals surface area contributed by atoms with Gasteiger partial charge in [-0.25, -0.2) is 9.79 Å². The first kappa shape index (κ1) is 23.8. The number of benzene rings is 2. The molecular weight excluding hydrogens is 476 g/mol. The van der Waals surface area contributed by atoms with Crippen molar-refractivity contribution in [3.8, 4) is 11.5 Å². The van der Waals surface area contributed by atoms with Crippen LogP contribution in [0.15, 0.2) is 63.5 Å². The number of allylic oxidation sites excluding steroid dienone is 1. The predicted octanol–water partition coefficient (Wildman–Crippen LogP) is 3.47. The van der Waals surface area contributed by atoms with E-state index in [-0.39, 0.29) is 12.2 Å². The third-order valence-electron chi connectivity index (χ3n) is 5.40. The standard InChI is InChI=1S/C25H23ClN2O5S/c1-5-33-24(30)21-14(2)27-25-28(22(21)16-7-6-8-17(13-16)31-3)23(29)20(34-25)12-15-9-10-19(32-4)18(26)11-15/h6-13,22H,5H2,1-4H3/b20-12+/t22-/m0/s1. The Labute approximate surface area is 205 Å². The van der Waals surface area contributed by atoms with E-state index in [1.165, 1.54) is 15.9 Å². The number of halogens is 1. The Balaban J connectivity index is 1.94. The van der Waals surface area contributed by atoms with Crippen LogP contribution in [-0.4, -0.2) is 31.4 Å². The van der Waals surface area contributed by atoms with Crippen molar-refractivity contribution in [1.29, 1.82) is 0 Å². The highest BCUT2D eigenvalue weighted by molar-refractivity contribution is 7.07. The van der Waals surface area contributed by atoms with E-state index in [0.717, 1.165) is 11.1 Å². The molecule has 4 rings (SSSR count). The largest absolute Gasteiger partial charge is 0.497 e. The summed E-state index contributed by atoms with van der Waals surface area (Å²) in [5.41, 5.74) is 2.03. The van der Waals surface area contributed by atoms with E-state index >= 15 is 0 Å². The third kappa shape index (κ3) is 4.38. The Kier molecular flexibility index (Phi) is 6.90. The van der Waals surface area contributed by atoms with Crippen molar-refractivity contribution in [3.05, 3.63) is 89.6 Å². The average Bonchev–Trinajstić information content (AvgIpc) is 3.12. The first-order chi connectivity index (χ1) is 16.4. The Hall–Kier alpha value is -3.36. The molecule has 0 bridgehead atoms. The number of ether oxygens (including phenoxy) is 3. The number of aromatic nitrogens is 1. The van der Waals surface area contributed by atoms with Crippen LogP contribution in [0.25, 0.3) is 6.08 Å². The number of esters is 1. The van der Waals surface area contributed by atoms with Gasteiger partial charge in [0.05, 0.1) is 47.7 Å². The molecule has 34 heavy (non-hydrogen) atoms. The second kappa shape index (κ2) is 9.87. The lowest BCUT2D eigenvalue weighted by atomic mass is 9.95. The minimum atomic E-state index is -0.702. The maximum atomic E-state index is 13.6. The number of thiazole rings is 1. The van der Waals surface area contributed by atoms with Crippen molar-refractivity contribution in [1.82, 2.24) is 4.57 Å². The lowest BCUT2D eigenvalue weighted by molar-refractivity contribution is -0.139. The molecule has 0 radical (unpaired) electrons. The number of hydrogen-bond donors (Lipinski definition) is 0. The van der Waals surface area contributed by atoms with Crippen molar-refractivity contribution >= 4 is 35.0 Å². The highest BCUT2D eigenvalue weighted by Crippen LogP contribution is 2.32. The molecule has 176 valence electrons. The zero-order valence-corrected chi connectivity index (χ0v) is 20.7. The molecule has 0 N–H and O–H groups in total. The summed E-state index contributed by atoms with van der Waals surface area (Å²) in [4.78, 5) is 31.6. The van der Waals surface area contributed by atoms with Gasteiger partial charge in [-0.15, -0.1) is 0 Å². The van der Waals surface area contributed by atoms with Gasteiger partial charge in [-0.2, -0.15) is 0 Å². The summed E-state index contributed by atoms with van der Waals surface area (Å²) < 4.78 is 17.9. The van der Waals surface area contributed by atoms with Crippen LogP contribution in [0.1, 0.15) is 31.0 Å². The number of rotatable bonds is 6. The molecule has 7 nitrogen and oxygen atoms in total. The lowest BCUT2D eigenvalue weighted by Crippen LogP contribution is -2.39. The molecule has 2 heterocycles. The molecule has 0 unspecified atom stereocenters. The minimum Gasteiger partial charge on any atom is -0.497 e. The normalized spacial score (nSPS) is 15.6. The lowest BCUT2D eigenvalue weighted by Gasteiger charge is -2.25. The molecular formula is C25H23ClN2O5S. The van der Waals surface area contributed by atoms with Crippen molar-refractivity contribution in [2.75, 3.05) is 20.8 Å². The van der Waals surface area contributed by atoms with E-state index in [9.17, 15) is 9.59 Å².